The Morgan fingerprint density at radius 1 is 0.636 bits per heavy atom. The van der Waals surface area contributed by atoms with Gasteiger partial charge in [-0.25, -0.2) is 4.99 Å². The van der Waals surface area contributed by atoms with Crippen LogP contribution in [0.3, 0.4) is 0 Å². The molecule has 0 bridgehead atoms. The maximum Gasteiger partial charge on any atom is 0.114 e. The Morgan fingerprint density at radius 3 is 2.18 bits per heavy atom. The number of anilines is 1. The van der Waals surface area contributed by atoms with Crippen molar-refractivity contribution in [2.75, 3.05) is 4.90 Å². The van der Waals surface area contributed by atoms with Crippen molar-refractivity contribution in [3.05, 3.63) is 168 Å². The molecule has 2 aliphatic heterocycles. The molecule has 1 aromatic heterocycles. The third kappa shape index (κ3) is 3.86. The van der Waals surface area contributed by atoms with Gasteiger partial charge in [0, 0.05) is 40.4 Å². The fourth-order valence-electron chi connectivity index (χ4n) is 7.10. The van der Waals surface area contributed by atoms with Crippen LogP contribution in [0.5, 0.6) is 0 Å². The summed E-state index contributed by atoms with van der Waals surface area (Å²) in [5, 5.41) is 5.06. The van der Waals surface area contributed by atoms with Crippen LogP contribution in [-0.4, -0.2) is 10.4 Å². The molecule has 1 unspecified atom stereocenters. The molecule has 1 atom stereocenters. The first-order valence-electron chi connectivity index (χ1n) is 15.2. The SMILES string of the molecule is C1=CN(C2=NC(c3ccccc3)=CC(c3ccccc3)C2)c2cccc3cc4c(c1c23)c1ccccc1n4-c1ccccc1. The van der Waals surface area contributed by atoms with Gasteiger partial charge in [-0.2, -0.15) is 0 Å². The van der Waals surface area contributed by atoms with E-state index < -0.39 is 0 Å². The summed E-state index contributed by atoms with van der Waals surface area (Å²) in [6, 6.07) is 49.9. The van der Waals surface area contributed by atoms with Gasteiger partial charge in [-0.3, -0.25) is 0 Å². The van der Waals surface area contributed by atoms with E-state index in [1.54, 1.807) is 0 Å². The van der Waals surface area contributed by atoms with Gasteiger partial charge in [0.2, 0.25) is 0 Å². The van der Waals surface area contributed by atoms with Crippen molar-refractivity contribution in [3.8, 4) is 5.69 Å². The zero-order valence-corrected chi connectivity index (χ0v) is 24.1. The van der Waals surface area contributed by atoms with Crippen LogP contribution in [0.15, 0.2) is 157 Å². The van der Waals surface area contributed by atoms with Gasteiger partial charge >= 0.3 is 0 Å². The molecule has 0 spiro atoms. The first-order valence-corrected chi connectivity index (χ1v) is 15.2. The monoisotopic (exact) mass is 563 g/mol. The topological polar surface area (TPSA) is 20.5 Å². The number of aliphatic imine (C=N–C) groups is 1. The summed E-state index contributed by atoms with van der Waals surface area (Å²) in [4.78, 5) is 7.64. The van der Waals surface area contributed by atoms with Gasteiger partial charge in [0.15, 0.2) is 0 Å². The summed E-state index contributed by atoms with van der Waals surface area (Å²) in [7, 11) is 0. The normalized spacial score (nSPS) is 16.0. The molecule has 0 radical (unpaired) electrons. The van der Waals surface area contributed by atoms with E-state index in [0.717, 1.165) is 23.5 Å². The van der Waals surface area contributed by atoms with Crippen LogP contribution in [0.1, 0.15) is 29.0 Å². The number of hydrogen-bond acceptors (Lipinski definition) is 2. The Kier molecular flexibility index (Phi) is 5.63. The number of para-hydroxylation sites is 2. The number of aromatic nitrogens is 1. The fraction of sp³-hybridized carbons (Fsp3) is 0.0488. The lowest BCUT2D eigenvalue weighted by atomic mass is 9.89. The Hall–Kier alpha value is -5.67. The molecule has 0 saturated carbocycles. The third-order valence-corrected chi connectivity index (χ3v) is 9.07. The maximum atomic E-state index is 5.32. The molecule has 7 aromatic rings. The van der Waals surface area contributed by atoms with E-state index in [4.69, 9.17) is 4.99 Å². The maximum absolute atomic E-state index is 5.32. The molecule has 6 aromatic carbocycles. The van der Waals surface area contributed by atoms with Crippen LogP contribution in [-0.2, 0) is 0 Å². The third-order valence-electron chi connectivity index (χ3n) is 9.07. The minimum absolute atomic E-state index is 0.235. The summed E-state index contributed by atoms with van der Waals surface area (Å²) in [6.45, 7) is 0. The van der Waals surface area contributed by atoms with Gasteiger partial charge in [0.05, 0.1) is 22.4 Å². The molecule has 0 aliphatic carbocycles. The Balaban J connectivity index is 1.25. The summed E-state index contributed by atoms with van der Waals surface area (Å²) >= 11 is 0. The highest BCUT2D eigenvalue weighted by atomic mass is 15.2. The van der Waals surface area contributed by atoms with E-state index in [1.165, 1.54) is 55.1 Å². The quantitative estimate of drug-likeness (QED) is 0.209. The first-order chi connectivity index (χ1) is 21.8. The average molecular weight is 564 g/mol. The van der Waals surface area contributed by atoms with Crippen LogP contribution < -0.4 is 4.90 Å². The number of fused-ring (bicyclic) bond motifs is 4. The van der Waals surface area contributed by atoms with Gasteiger partial charge < -0.3 is 9.47 Å². The van der Waals surface area contributed by atoms with Gasteiger partial charge in [0.1, 0.15) is 5.84 Å². The van der Waals surface area contributed by atoms with E-state index in [2.05, 4.69) is 167 Å². The van der Waals surface area contributed by atoms with Crippen molar-refractivity contribution < 1.29 is 0 Å². The molecular formula is C41H29N3. The second kappa shape index (κ2) is 9.96. The second-order valence-corrected chi connectivity index (χ2v) is 11.6. The minimum atomic E-state index is 0.235. The number of benzene rings is 6. The Morgan fingerprint density at radius 2 is 1.36 bits per heavy atom. The summed E-state index contributed by atoms with van der Waals surface area (Å²) in [5.41, 5.74) is 9.54. The largest absolute Gasteiger partial charge is 0.309 e. The molecule has 44 heavy (non-hydrogen) atoms. The Labute approximate surface area is 256 Å². The highest BCUT2D eigenvalue weighted by Gasteiger charge is 2.28. The zero-order valence-electron chi connectivity index (χ0n) is 24.1. The standard InChI is InChI=1S/C41H29N3/c1-4-13-28(14-5-1)31-25-35(29-15-6-2-7-16-29)42-39(27-31)43-24-23-34-40-30(17-12-22-37(40)43)26-38-41(34)33-20-10-11-21-36(33)44(38)32-18-8-3-9-19-32/h1-26,31H,27H2. The van der Waals surface area contributed by atoms with Gasteiger partial charge in [-0.05, 0) is 58.5 Å². The molecule has 0 fully saturated rings. The first kappa shape index (κ1) is 24.9. The minimum Gasteiger partial charge on any atom is -0.309 e. The smallest absolute Gasteiger partial charge is 0.114 e. The molecule has 9 rings (SSSR count). The van der Waals surface area contributed by atoms with E-state index in [9.17, 15) is 0 Å². The van der Waals surface area contributed by atoms with Crippen molar-refractivity contribution in [1.29, 1.82) is 0 Å². The molecule has 3 heterocycles. The van der Waals surface area contributed by atoms with Crippen molar-refractivity contribution in [2.45, 2.75) is 12.3 Å². The molecule has 0 N–H and O–H groups in total. The summed E-state index contributed by atoms with van der Waals surface area (Å²) in [5.74, 6) is 1.29. The Bertz CT molecular complexity index is 2290. The fourth-order valence-corrected chi connectivity index (χ4v) is 7.10. The van der Waals surface area contributed by atoms with Crippen LogP contribution in [0.2, 0.25) is 0 Å². The van der Waals surface area contributed by atoms with Crippen LogP contribution in [0, 0.1) is 0 Å². The molecule has 2 aliphatic rings. The predicted molar refractivity (Wildman–Crippen MR) is 185 cm³/mol. The van der Waals surface area contributed by atoms with Gasteiger partial charge in [-0.15, -0.1) is 0 Å². The van der Waals surface area contributed by atoms with Gasteiger partial charge in [0.25, 0.3) is 0 Å². The van der Waals surface area contributed by atoms with Crippen LogP contribution in [0.4, 0.5) is 5.69 Å². The number of amidine groups is 1. The number of hydrogen-bond donors (Lipinski definition) is 0. The highest BCUT2D eigenvalue weighted by Crippen LogP contribution is 2.45. The molecule has 0 amide bonds. The number of nitrogens with zero attached hydrogens (tertiary/aromatic N) is 3. The number of allylic oxidation sites excluding steroid dienone is 1. The predicted octanol–water partition coefficient (Wildman–Crippen LogP) is 10.4. The van der Waals surface area contributed by atoms with E-state index in [1.807, 2.05) is 0 Å². The highest BCUT2D eigenvalue weighted by molar-refractivity contribution is 6.23. The second-order valence-electron chi connectivity index (χ2n) is 11.6. The summed E-state index contributed by atoms with van der Waals surface area (Å²) < 4.78 is 2.40. The lowest BCUT2D eigenvalue weighted by Crippen LogP contribution is -2.30. The van der Waals surface area contributed by atoms with E-state index in [-0.39, 0.29) is 5.92 Å². The summed E-state index contributed by atoms with van der Waals surface area (Å²) in [6.07, 6.45) is 7.70. The molecular weight excluding hydrogens is 534 g/mol. The van der Waals surface area contributed by atoms with Crippen molar-refractivity contribution in [3.63, 3.8) is 0 Å². The van der Waals surface area contributed by atoms with Gasteiger partial charge in [-0.1, -0.05) is 115 Å². The van der Waals surface area contributed by atoms with E-state index in [0.29, 0.717) is 0 Å². The lowest BCUT2D eigenvalue weighted by Gasteiger charge is -2.32. The lowest BCUT2D eigenvalue weighted by molar-refractivity contribution is 0.868. The number of rotatable bonds is 3. The molecule has 0 saturated heterocycles. The van der Waals surface area contributed by atoms with E-state index >= 15 is 0 Å². The van der Waals surface area contributed by atoms with Crippen LogP contribution in [0.25, 0.3) is 50.0 Å². The average Bonchev–Trinajstić information content (AvgIpc) is 3.43. The van der Waals surface area contributed by atoms with Crippen molar-refractivity contribution in [1.82, 2.24) is 4.57 Å². The van der Waals surface area contributed by atoms with Crippen molar-refractivity contribution >= 4 is 55.9 Å². The molecule has 3 nitrogen and oxygen atoms in total. The van der Waals surface area contributed by atoms with Crippen LogP contribution >= 0.6 is 0 Å². The molecule has 208 valence electrons. The molecule has 3 heteroatoms. The van der Waals surface area contributed by atoms with Crippen molar-refractivity contribution in [2.24, 2.45) is 4.99 Å². The zero-order chi connectivity index (χ0) is 29.0.